The van der Waals surface area contributed by atoms with E-state index in [1.807, 2.05) is 18.0 Å². The molecule has 3 amide bonds. The number of rotatable bonds is 4. The maximum Gasteiger partial charge on any atom is 0.322 e. The highest BCUT2D eigenvalue weighted by molar-refractivity contribution is 7.92. The standard InChI is InChI=1S/C19H20N4O4S/c1-19(17(24)20-18(25)21-19)13-4-3-5-14(10-13)22-28(26,27)15-7-6-12-8-9-23(2)16(12)11-15/h3-7,10-11,22H,8-9H2,1-2H3,(H2,20,21,24,25)/t19-/m0/s1. The summed E-state index contributed by atoms with van der Waals surface area (Å²) in [4.78, 5) is 25.8. The Hall–Kier alpha value is -3.07. The first-order chi connectivity index (χ1) is 13.2. The number of nitrogens with one attached hydrogen (secondary N) is 3. The second-order valence-electron chi connectivity index (χ2n) is 7.18. The predicted octanol–water partition coefficient (Wildman–Crippen LogP) is 1.53. The number of nitrogens with zero attached hydrogens (tertiary/aromatic N) is 1. The quantitative estimate of drug-likeness (QED) is 0.675. The first kappa shape index (κ1) is 18.3. The fourth-order valence-corrected chi connectivity index (χ4v) is 4.61. The van der Waals surface area contributed by atoms with Crippen LogP contribution >= 0.6 is 0 Å². The summed E-state index contributed by atoms with van der Waals surface area (Å²) in [5.41, 5.74) is 1.56. The van der Waals surface area contributed by atoms with E-state index >= 15 is 0 Å². The SMILES string of the molecule is CN1CCc2ccc(S(=O)(=O)Nc3cccc([C@]4(C)NC(=O)NC4=O)c3)cc21. The van der Waals surface area contributed by atoms with Crippen LogP contribution in [0.3, 0.4) is 0 Å². The Balaban J connectivity index is 1.64. The summed E-state index contributed by atoms with van der Waals surface area (Å²) >= 11 is 0. The molecular weight excluding hydrogens is 380 g/mol. The van der Waals surface area contributed by atoms with Crippen LogP contribution in [-0.4, -0.2) is 33.9 Å². The van der Waals surface area contributed by atoms with E-state index in [0.29, 0.717) is 11.3 Å². The Kier molecular flexibility index (Phi) is 4.07. The van der Waals surface area contributed by atoms with E-state index in [2.05, 4.69) is 15.4 Å². The molecule has 0 aliphatic carbocycles. The monoisotopic (exact) mass is 400 g/mol. The number of hydrogen-bond acceptors (Lipinski definition) is 5. The van der Waals surface area contributed by atoms with Gasteiger partial charge in [0.1, 0.15) is 5.54 Å². The zero-order chi connectivity index (χ0) is 20.1. The molecule has 2 aromatic carbocycles. The number of urea groups is 1. The van der Waals surface area contributed by atoms with E-state index in [1.54, 1.807) is 43.3 Å². The van der Waals surface area contributed by atoms with Crippen LogP contribution in [0.4, 0.5) is 16.2 Å². The number of sulfonamides is 1. The lowest BCUT2D eigenvalue weighted by molar-refractivity contribution is -0.123. The molecule has 0 radical (unpaired) electrons. The van der Waals surface area contributed by atoms with Gasteiger partial charge in [0.15, 0.2) is 0 Å². The van der Waals surface area contributed by atoms with Crippen LogP contribution in [0.25, 0.3) is 0 Å². The Morgan fingerprint density at radius 1 is 1.14 bits per heavy atom. The lowest BCUT2D eigenvalue weighted by atomic mass is 9.92. The molecule has 0 bridgehead atoms. The van der Waals surface area contributed by atoms with E-state index in [9.17, 15) is 18.0 Å². The van der Waals surface area contributed by atoms with Gasteiger partial charge in [-0.1, -0.05) is 18.2 Å². The van der Waals surface area contributed by atoms with Crippen molar-refractivity contribution in [1.82, 2.24) is 10.6 Å². The number of anilines is 2. The molecule has 3 N–H and O–H groups in total. The fraction of sp³-hybridized carbons (Fsp3) is 0.263. The Morgan fingerprint density at radius 3 is 2.64 bits per heavy atom. The topological polar surface area (TPSA) is 108 Å². The molecule has 1 fully saturated rings. The van der Waals surface area contributed by atoms with Gasteiger partial charge in [-0.3, -0.25) is 14.8 Å². The third-order valence-corrected chi connectivity index (χ3v) is 6.61. The summed E-state index contributed by atoms with van der Waals surface area (Å²) in [5.74, 6) is -0.487. The summed E-state index contributed by atoms with van der Waals surface area (Å²) in [6, 6.07) is 10.9. The van der Waals surface area contributed by atoms with Crippen LogP contribution in [0.1, 0.15) is 18.1 Å². The molecule has 28 heavy (non-hydrogen) atoms. The maximum absolute atomic E-state index is 12.9. The van der Waals surface area contributed by atoms with Crippen LogP contribution in [0.5, 0.6) is 0 Å². The number of fused-ring (bicyclic) bond motifs is 1. The minimum atomic E-state index is -3.81. The van der Waals surface area contributed by atoms with Gasteiger partial charge in [-0.2, -0.15) is 0 Å². The van der Waals surface area contributed by atoms with Crippen LogP contribution in [0.15, 0.2) is 47.4 Å². The second kappa shape index (κ2) is 6.23. The van der Waals surface area contributed by atoms with E-state index in [-0.39, 0.29) is 4.90 Å². The van der Waals surface area contributed by atoms with E-state index < -0.39 is 27.5 Å². The molecule has 9 heteroatoms. The van der Waals surface area contributed by atoms with Gasteiger partial charge in [-0.05, 0) is 48.7 Å². The molecule has 0 unspecified atom stereocenters. The summed E-state index contributed by atoms with van der Waals surface area (Å²) in [7, 11) is -1.88. The van der Waals surface area contributed by atoms with Gasteiger partial charge < -0.3 is 10.2 Å². The molecule has 0 aromatic heterocycles. The molecule has 8 nitrogen and oxygen atoms in total. The minimum Gasteiger partial charge on any atom is -0.374 e. The number of amides is 3. The molecule has 146 valence electrons. The number of carbonyl (C=O) groups excluding carboxylic acids is 2. The molecule has 1 atom stereocenters. The van der Waals surface area contributed by atoms with Crippen molar-refractivity contribution in [3.63, 3.8) is 0 Å². The highest BCUT2D eigenvalue weighted by Gasteiger charge is 2.43. The second-order valence-corrected chi connectivity index (χ2v) is 8.86. The Morgan fingerprint density at radius 2 is 1.93 bits per heavy atom. The van der Waals surface area contributed by atoms with Gasteiger partial charge in [-0.15, -0.1) is 0 Å². The van der Waals surface area contributed by atoms with E-state index in [1.165, 1.54) is 0 Å². The van der Waals surface area contributed by atoms with Crippen molar-refractivity contribution in [2.75, 3.05) is 23.2 Å². The number of imide groups is 1. The van der Waals surface area contributed by atoms with Gasteiger partial charge in [0, 0.05) is 25.0 Å². The van der Waals surface area contributed by atoms with E-state index in [4.69, 9.17) is 0 Å². The number of carbonyl (C=O) groups is 2. The predicted molar refractivity (Wildman–Crippen MR) is 105 cm³/mol. The summed E-state index contributed by atoms with van der Waals surface area (Å²) in [6.45, 7) is 2.43. The van der Waals surface area contributed by atoms with Crippen LogP contribution in [-0.2, 0) is 26.8 Å². The summed E-state index contributed by atoms with van der Waals surface area (Å²) < 4.78 is 28.3. The highest BCUT2D eigenvalue weighted by Crippen LogP contribution is 2.31. The molecule has 0 spiro atoms. The number of benzene rings is 2. The lowest BCUT2D eigenvalue weighted by Gasteiger charge is -2.22. The zero-order valence-electron chi connectivity index (χ0n) is 15.4. The fourth-order valence-electron chi connectivity index (χ4n) is 3.54. The van der Waals surface area contributed by atoms with Crippen molar-refractivity contribution in [2.24, 2.45) is 0 Å². The molecule has 2 heterocycles. The molecule has 2 aliphatic heterocycles. The average Bonchev–Trinajstić information content (AvgIpc) is 3.14. The molecule has 2 aromatic rings. The van der Waals surface area contributed by atoms with Gasteiger partial charge in [-0.25, -0.2) is 13.2 Å². The van der Waals surface area contributed by atoms with Crippen molar-refractivity contribution in [3.8, 4) is 0 Å². The molecule has 0 saturated carbocycles. The molecule has 1 saturated heterocycles. The molecule has 4 rings (SSSR count). The lowest BCUT2D eigenvalue weighted by Crippen LogP contribution is -2.40. The van der Waals surface area contributed by atoms with Gasteiger partial charge in [0.2, 0.25) is 0 Å². The third kappa shape index (κ3) is 2.97. The van der Waals surface area contributed by atoms with Crippen molar-refractivity contribution < 1.29 is 18.0 Å². The van der Waals surface area contributed by atoms with Gasteiger partial charge in [0.05, 0.1) is 4.90 Å². The summed E-state index contributed by atoms with van der Waals surface area (Å²) in [6.07, 6.45) is 0.897. The first-order valence-corrected chi connectivity index (χ1v) is 10.3. The van der Waals surface area contributed by atoms with E-state index in [0.717, 1.165) is 24.2 Å². The van der Waals surface area contributed by atoms with Crippen molar-refractivity contribution in [3.05, 3.63) is 53.6 Å². The first-order valence-electron chi connectivity index (χ1n) is 8.80. The van der Waals surface area contributed by atoms with Crippen LogP contribution in [0.2, 0.25) is 0 Å². The smallest absolute Gasteiger partial charge is 0.322 e. The molecule has 2 aliphatic rings. The number of likely N-dealkylation sites (N-methyl/N-ethyl adjacent to an activating group) is 1. The van der Waals surface area contributed by atoms with Gasteiger partial charge in [0.25, 0.3) is 15.9 Å². The van der Waals surface area contributed by atoms with Gasteiger partial charge >= 0.3 is 6.03 Å². The van der Waals surface area contributed by atoms with Crippen molar-refractivity contribution in [2.45, 2.75) is 23.8 Å². The average molecular weight is 400 g/mol. The summed E-state index contributed by atoms with van der Waals surface area (Å²) in [5, 5.41) is 4.76. The highest BCUT2D eigenvalue weighted by atomic mass is 32.2. The number of hydrogen-bond donors (Lipinski definition) is 3. The van der Waals surface area contributed by atoms with Crippen molar-refractivity contribution >= 4 is 33.3 Å². The largest absolute Gasteiger partial charge is 0.374 e. The minimum absolute atomic E-state index is 0.170. The maximum atomic E-state index is 12.9. The zero-order valence-corrected chi connectivity index (χ0v) is 16.3. The Bertz CT molecular complexity index is 1100. The van der Waals surface area contributed by atoms with Crippen molar-refractivity contribution in [1.29, 1.82) is 0 Å². The normalized spacial score (nSPS) is 21.3. The van der Waals surface area contributed by atoms with Crippen LogP contribution in [0, 0.1) is 0 Å². The molecular formula is C19H20N4O4S. The van der Waals surface area contributed by atoms with Crippen LogP contribution < -0.4 is 20.3 Å². The Labute approximate surface area is 163 Å². The third-order valence-electron chi connectivity index (χ3n) is 5.23.